The molecule has 0 saturated heterocycles. The maximum Gasteiger partial charge on any atom is 0.407 e. The number of hydrogen-bond acceptors (Lipinski definition) is 3. The summed E-state index contributed by atoms with van der Waals surface area (Å²) < 4.78 is 5.28. The van der Waals surface area contributed by atoms with E-state index in [4.69, 9.17) is 27.9 Å². The lowest BCUT2D eigenvalue weighted by Crippen LogP contribution is -2.38. The molecule has 0 radical (unpaired) electrons. The average molecular weight is 359 g/mol. The van der Waals surface area contributed by atoms with Crippen LogP contribution >= 0.6 is 23.2 Å². The van der Waals surface area contributed by atoms with Gasteiger partial charge in [0.15, 0.2) is 0 Å². The van der Waals surface area contributed by atoms with E-state index in [0.717, 1.165) is 24.9 Å². The number of ether oxygens (including phenoxy) is 1. The fourth-order valence-corrected chi connectivity index (χ4v) is 3.10. The van der Waals surface area contributed by atoms with Crippen molar-refractivity contribution >= 4 is 35.0 Å². The first-order valence-corrected chi connectivity index (χ1v) is 8.68. The van der Waals surface area contributed by atoms with Crippen LogP contribution in [0.4, 0.5) is 10.5 Å². The number of carbonyl (C=O) groups excluding carboxylic acids is 1. The van der Waals surface area contributed by atoms with Gasteiger partial charge in [0.25, 0.3) is 0 Å². The Bertz CT molecular complexity index is 558. The van der Waals surface area contributed by atoms with Crippen LogP contribution in [0.2, 0.25) is 10.0 Å². The van der Waals surface area contributed by atoms with Gasteiger partial charge in [0.1, 0.15) is 5.60 Å². The highest BCUT2D eigenvalue weighted by atomic mass is 35.5. The molecule has 1 amide bonds. The highest BCUT2D eigenvalue weighted by Gasteiger charge is 2.28. The average Bonchev–Trinajstić information content (AvgIpc) is 2.86. The molecule has 0 aromatic heterocycles. The van der Waals surface area contributed by atoms with E-state index in [2.05, 4.69) is 10.6 Å². The van der Waals surface area contributed by atoms with Gasteiger partial charge in [-0.1, -0.05) is 29.6 Å². The first-order valence-electron chi connectivity index (χ1n) is 7.93. The second-order valence-corrected chi connectivity index (χ2v) is 7.77. The lowest BCUT2D eigenvalue weighted by Gasteiger charge is -2.24. The van der Waals surface area contributed by atoms with Crippen LogP contribution in [0, 0.1) is 5.92 Å². The topological polar surface area (TPSA) is 50.4 Å². The molecule has 128 valence electrons. The van der Waals surface area contributed by atoms with Gasteiger partial charge in [0.2, 0.25) is 0 Å². The van der Waals surface area contributed by atoms with Crippen molar-refractivity contribution in [2.75, 3.05) is 11.9 Å². The Hall–Kier alpha value is -1.13. The van der Waals surface area contributed by atoms with Gasteiger partial charge in [-0.15, -0.1) is 0 Å². The van der Waals surface area contributed by atoms with Crippen LogP contribution in [0.1, 0.15) is 40.0 Å². The zero-order valence-corrected chi connectivity index (χ0v) is 15.3. The van der Waals surface area contributed by atoms with Crippen LogP contribution in [0.5, 0.6) is 0 Å². The Labute approximate surface area is 147 Å². The van der Waals surface area contributed by atoms with Crippen molar-refractivity contribution in [1.82, 2.24) is 5.32 Å². The summed E-state index contributed by atoms with van der Waals surface area (Å²) in [7, 11) is 0. The third-order valence-corrected chi connectivity index (χ3v) is 4.58. The van der Waals surface area contributed by atoms with Gasteiger partial charge in [0, 0.05) is 18.3 Å². The monoisotopic (exact) mass is 358 g/mol. The quantitative estimate of drug-likeness (QED) is 0.786. The van der Waals surface area contributed by atoms with E-state index in [9.17, 15) is 4.79 Å². The van der Waals surface area contributed by atoms with Gasteiger partial charge in [-0.3, -0.25) is 0 Å². The Morgan fingerprint density at radius 1 is 1.26 bits per heavy atom. The van der Waals surface area contributed by atoms with Crippen molar-refractivity contribution in [3.05, 3.63) is 28.2 Å². The predicted octanol–water partition coefficient (Wildman–Crippen LogP) is 5.10. The number of alkyl carbamates (subject to hydrolysis) is 1. The smallest absolute Gasteiger partial charge is 0.407 e. The van der Waals surface area contributed by atoms with Gasteiger partial charge < -0.3 is 15.4 Å². The number of rotatable bonds is 4. The summed E-state index contributed by atoms with van der Waals surface area (Å²) in [6.07, 6.45) is 2.92. The molecule has 1 fully saturated rings. The van der Waals surface area contributed by atoms with Crippen molar-refractivity contribution in [3.8, 4) is 0 Å². The number of benzene rings is 1. The number of halogens is 2. The summed E-state index contributed by atoms with van der Waals surface area (Å²) in [5.41, 5.74) is 0.478. The number of amides is 1. The molecule has 2 N–H and O–H groups in total. The summed E-state index contributed by atoms with van der Waals surface area (Å²) >= 11 is 12.0. The molecule has 23 heavy (non-hydrogen) atoms. The SMILES string of the molecule is CC(C)(C)OC(=O)NCC1CCCC1Nc1ccc(Cl)c(Cl)c1. The van der Waals surface area contributed by atoms with Crippen LogP contribution in [0.3, 0.4) is 0 Å². The second-order valence-electron chi connectivity index (χ2n) is 6.95. The summed E-state index contributed by atoms with van der Waals surface area (Å²) in [4.78, 5) is 11.8. The molecule has 1 aromatic rings. The first-order chi connectivity index (χ1) is 10.7. The maximum absolute atomic E-state index is 11.8. The summed E-state index contributed by atoms with van der Waals surface area (Å²) in [6.45, 7) is 6.18. The van der Waals surface area contributed by atoms with Crippen LogP contribution < -0.4 is 10.6 Å². The molecule has 2 atom stereocenters. The molecule has 1 aliphatic carbocycles. The summed E-state index contributed by atoms with van der Waals surface area (Å²) in [5.74, 6) is 0.372. The van der Waals surface area contributed by atoms with Gasteiger partial charge in [-0.05, 0) is 57.7 Å². The molecule has 6 heteroatoms. The normalized spacial score (nSPS) is 21.1. The third kappa shape index (κ3) is 5.78. The molecule has 2 unspecified atom stereocenters. The van der Waals surface area contributed by atoms with Crippen LogP contribution in [-0.4, -0.2) is 24.3 Å². The lowest BCUT2D eigenvalue weighted by molar-refractivity contribution is 0.0519. The molecule has 2 rings (SSSR count). The third-order valence-electron chi connectivity index (χ3n) is 3.84. The molecule has 0 aliphatic heterocycles. The van der Waals surface area contributed by atoms with Crippen LogP contribution in [0.15, 0.2) is 18.2 Å². The van der Waals surface area contributed by atoms with Gasteiger partial charge in [-0.25, -0.2) is 4.79 Å². The van der Waals surface area contributed by atoms with Gasteiger partial charge >= 0.3 is 6.09 Å². The molecule has 1 aromatic carbocycles. The second kappa shape index (κ2) is 7.63. The Morgan fingerprint density at radius 3 is 2.65 bits per heavy atom. The fraction of sp³-hybridized carbons (Fsp3) is 0.588. The zero-order chi connectivity index (χ0) is 17.0. The standard InChI is InChI=1S/C17H24Cl2N2O2/c1-17(2,3)23-16(22)20-10-11-5-4-6-15(11)21-12-7-8-13(18)14(19)9-12/h7-9,11,15,21H,4-6,10H2,1-3H3,(H,20,22). The van der Waals surface area contributed by atoms with Crippen LogP contribution in [0.25, 0.3) is 0 Å². The zero-order valence-electron chi connectivity index (χ0n) is 13.8. The number of carbonyl (C=O) groups is 1. The van der Waals surface area contributed by atoms with Crippen molar-refractivity contribution in [2.24, 2.45) is 5.92 Å². The van der Waals surface area contributed by atoms with E-state index in [1.807, 2.05) is 32.9 Å². The number of hydrogen-bond donors (Lipinski definition) is 2. The molecule has 0 heterocycles. The molecular formula is C17H24Cl2N2O2. The van der Waals surface area contributed by atoms with Gasteiger partial charge in [-0.2, -0.15) is 0 Å². The predicted molar refractivity (Wildman–Crippen MR) is 95.5 cm³/mol. The minimum absolute atomic E-state index is 0.308. The molecule has 0 bridgehead atoms. The Kier molecular flexibility index (Phi) is 6.04. The van der Waals surface area contributed by atoms with E-state index in [1.165, 1.54) is 0 Å². The Morgan fingerprint density at radius 2 is 2.00 bits per heavy atom. The maximum atomic E-state index is 11.8. The minimum Gasteiger partial charge on any atom is -0.444 e. The highest BCUT2D eigenvalue weighted by Crippen LogP contribution is 2.30. The summed E-state index contributed by atoms with van der Waals surface area (Å²) in [6, 6.07) is 5.85. The molecule has 0 spiro atoms. The van der Waals surface area contributed by atoms with Gasteiger partial charge in [0.05, 0.1) is 10.0 Å². The van der Waals surface area contributed by atoms with Crippen molar-refractivity contribution in [3.63, 3.8) is 0 Å². The molecule has 4 nitrogen and oxygen atoms in total. The van der Waals surface area contributed by atoms with E-state index < -0.39 is 5.60 Å². The number of nitrogens with one attached hydrogen (secondary N) is 2. The molecule has 1 aliphatic rings. The fourth-order valence-electron chi connectivity index (χ4n) is 2.80. The molecular weight excluding hydrogens is 335 g/mol. The molecule has 1 saturated carbocycles. The minimum atomic E-state index is -0.475. The van der Waals surface area contributed by atoms with Crippen LogP contribution in [-0.2, 0) is 4.74 Å². The van der Waals surface area contributed by atoms with Crippen molar-refractivity contribution < 1.29 is 9.53 Å². The highest BCUT2D eigenvalue weighted by molar-refractivity contribution is 6.42. The number of anilines is 1. The summed E-state index contributed by atoms with van der Waals surface area (Å²) in [5, 5.41) is 7.45. The lowest BCUT2D eigenvalue weighted by atomic mass is 10.0. The van der Waals surface area contributed by atoms with E-state index in [-0.39, 0.29) is 6.09 Å². The Balaban J connectivity index is 1.87. The van der Waals surface area contributed by atoms with E-state index >= 15 is 0 Å². The van der Waals surface area contributed by atoms with Crippen molar-refractivity contribution in [1.29, 1.82) is 0 Å². The first kappa shape index (κ1) is 18.2. The largest absolute Gasteiger partial charge is 0.444 e. The van der Waals surface area contributed by atoms with Crippen molar-refractivity contribution in [2.45, 2.75) is 51.7 Å². The van der Waals surface area contributed by atoms with E-state index in [0.29, 0.717) is 28.5 Å². The van der Waals surface area contributed by atoms with E-state index in [1.54, 1.807) is 6.07 Å².